The maximum atomic E-state index is 12.7. The van der Waals surface area contributed by atoms with E-state index in [0.717, 1.165) is 12.8 Å². The van der Waals surface area contributed by atoms with Gasteiger partial charge in [-0.2, -0.15) is 4.31 Å². The predicted octanol–water partition coefficient (Wildman–Crippen LogP) is 0.715. The highest BCUT2D eigenvalue weighted by Gasteiger charge is 2.34. The van der Waals surface area contributed by atoms with Crippen molar-refractivity contribution in [3.8, 4) is 0 Å². The molecule has 0 aliphatic carbocycles. The van der Waals surface area contributed by atoms with Gasteiger partial charge >= 0.3 is 0 Å². The lowest BCUT2D eigenvalue weighted by Gasteiger charge is -2.19. The Hall–Kier alpha value is -0.890. The Morgan fingerprint density at radius 3 is 2.67 bits per heavy atom. The lowest BCUT2D eigenvalue weighted by molar-refractivity contribution is 0.270. The molecule has 0 saturated carbocycles. The van der Waals surface area contributed by atoms with Gasteiger partial charge in [-0.1, -0.05) is 6.92 Å². The summed E-state index contributed by atoms with van der Waals surface area (Å²) in [4.78, 5) is 2.36. The van der Waals surface area contributed by atoms with Crippen LogP contribution in [-0.2, 0) is 23.2 Å². The molecule has 1 N–H and O–H groups in total. The van der Waals surface area contributed by atoms with Crippen molar-refractivity contribution >= 4 is 10.0 Å². The number of aryl methyl sites for hydroxylation is 1. The fraction of sp³-hybridized carbons (Fsp3) is 0.714. The minimum atomic E-state index is -3.46. The Labute approximate surface area is 127 Å². The number of sulfonamides is 1. The van der Waals surface area contributed by atoms with Gasteiger partial charge in [-0.25, -0.2) is 8.42 Å². The van der Waals surface area contributed by atoms with Gasteiger partial charge in [0.15, 0.2) is 0 Å². The molecule has 1 saturated heterocycles. The third kappa shape index (κ3) is 3.31. The van der Waals surface area contributed by atoms with E-state index in [1.807, 2.05) is 25.6 Å². The summed E-state index contributed by atoms with van der Waals surface area (Å²) < 4.78 is 28.8. The Kier molecular flexibility index (Phi) is 5.08. The topological polar surface area (TPSA) is 65.8 Å². The number of hydrogen-bond acceptors (Lipinski definition) is 4. The average molecular weight is 315 g/mol. The molecule has 1 atom stereocenters. The third-order valence-electron chi connectivity index (χ3n) is 4.08. The first-order valence-electron chi connectivity index (χ1n) is 7.36. The van der Waals surface area contributed by atoms with Crippen molar-refractivity contribution in [1.29, 1.82) is 0 Å². The normalized spacial score (nSPS) is 20.5. The second-order valence-corrected chi connectivity index (χ2v) is 7.73. The van der Waals surface area contributed by atoms with Gasteiger partial charge in [0.25, 0.3) is 0 Å². The van der Waals surface area contributed by atoms with Crippen molar-refractivity contribution in [3.63, 3.8) is 0 Å². The molecule has 1 aliphatic heterocycles. The minimum Gasteiger partial charge on any atom is -0.390 e. The Morgan fingerprint density at radius 1 is 1.43 bits per heavy atom. The molecule has 21 heavy (non-hydrogen) atoms. The molecule has 2 rings (SSSR count). The fourth-order valence-electron chi connectivity index (χ4n) is 2.75. The van der Waals surface area contributed by atoms with E-state index in [9.17, 15) is 13.5 Å². The summed E-state index contributed by atoms with van der Waals surface area (Å²) in [5.74, 6) is 0. The molecule has 0 radical (unpaired) electrons. The van der Waals surface area contributed by atoms with Crippen LogP contribution in [0, 0.1) is 0 Å². The number of aliphatic hydroxyl groups excluding tert-OH is 1. The van der Waals surface area contributed by atoms with E-state index in [1.54, 1.807) is 16.6 Å². The number of likely N-dealkylation sites (N-methyl/N-ethyl adjacent to an activating group) is 1. The Balaban J connectivity index is 2.24. The summed E-state index contributed by atoms with van der Waals surface area (Å²) in [6.45, 7) is 3.68. The minimum absolute atomic E-state index is 0.143. The molecule has 1 aromatic heterocycles. The lowest BCUT2D eigenvalue weighted by Crippen LogP contribution is -2.34. The van der Waals surface area contributed by atoms with E-state index < -0.39 is 10.0 Å². The van der Waals surface area contributed by atoms with Gasteiger partial charge in [0, 0.05) is 37.6 Å². The second-order valence-electron chi connectivity index (χ2n) is 5.79. The molecule has 1 fully saturated rings. The number of aliphatic hydroxyl groups is 1. The average Bonchev–Trinajstić information content (AvgIpc) is 3.06. The fourth-order valence-corrected chi connectivity index (χ4v) is 4.30. The molecule has 2 heterocycles. The summed E-state index contributed by atoms with van der Waals surface area (Å²) in [6.07, 6.45) is 3.40. The van der Waals surface area contributed by atoms with Gasteiger partial charge in [-0.05, 0) is 33.0 Å². The van der Waals surface area contributed by atoms with Crippen molar-refractivity contribution in [2.45, 2.75) is 43.9 Å². The summed E-state index contributed by atoms with van der Waals surface area (Å²) in [5.41, 5.74) is 0.652. The summed E-state index contributed by atoms with van der Waals surface area (Å²) in [7, 11) is 0.489. The van der Waals surface area contributed by atoms with E-state index in [0.29, 0.717) is 30.2 Å². The lowest BCUT2D eigenvalue weighted by atomic mass is 10.2. The number of rotatable bonds is 6. The molecule has 7 heteroatoms. The quantitative estimate of drug-likeness (QED) is 0.840. The molecule has 0 amide bonds. The standard InChI is InChI=1S/C14H25N3O3S/c1-4-6-16-10-14(8-13(16)11-18)21(19,20)17-7-5-12(9-17)15(2)3/h8,10,12,18H,4-7,9,11H2,1-3H3. The molecule has 6 nitrogen and oxygen atoms in total. The largest absolute Gasteiger partial charge is 0.390 e. The van der Waals surface area contributed by atoms with Crippen molar-refractivity contribution in [2.24, 2.45) is 0 Å². The maximum Gasteiger partial charge on any atom is 0.244 e. The molecular weight excluding hydrogens is 290 g/mol. The van der Waals surface area contributed by atoms with Gasteiger partial charge < -0.3 is 14.6 Å². The molecule has 1 aromatic rings. The smallest absolute Gasteiger partial charge is 0.244 e. The van der Waals surface area contributed by atoms with Crippen LogP contribution in [-0.4, -0.2) is 60.5 Å². The molecule has 0 spiro atoms. The van der Waals surface area contributed by atoms with E-state index in [2.05, 4.69) is 4.90 Å². The highest BCUT2D eigenvalue weighted by Crippen LogP contribution is 2.24. The predicted molar refractivity (Wildman–Crippen MR) is 81.5 cm³/mol. The molecule has 0 bridgehead atoms. The first-order chi connectivity index (χ1) is 9.90. The molecule has 120 valence electrons. The van der Waals surface area contributed by atoms with Crippen LogP contribution in [0.25, 0.3) is 0 Å². The first-order valence-corrected chi connectivity index (χ1v) is 8.80. The monoisotopic (exact) mass is 315 g/mol. The van der Waals surface area contributed by atoms with Gasteiger partial charge in [0.05, 0.1) is 6.61 Å². The van der Waals surface area contributed by atoms with E-state index >= 15 is 0 Å². The number of hydrogen-bond donors (Lipinski definition) is 1. The highest BCUT2D eigenvalue weighted by molar-refractivity contribution is 7.89. The summed E-state index contributed by atoms with van der Waals surface area (Å²) in [6, 6.07) is 1.86. The van der Waals surface area contributed by atoms with Crippen LogP contribution >= 0.6 is 0 Å². The van der Waals surface area contributed by atoms with Crippen molar-refractivity contribution < 1.29 is 13.5 Å². The van der Waals surface area contributed by atoms with E-state index in [4.69, 9.17) is 0 Å². The SMILES string of the molecule is CCCn1cc(S(=O)(=O)N2CCC(N(C)C)C2)cc1CO. The number of aromatic nitrogens is 1. The molecule has 1 aliphatic rings. The van der Waals surface area contributed by atoms with Crippen LogP contribution in [0.3, 0.4) is 0 Å². The molecular formula is C14H25N3O3S. The second kappa shape index (κ2) is 6.48. The Bertz CT molecular complexity index is 580. The van der Waals surface area contributed by atoms with Gasteiger partial charge in [0.1, 0.15) is 4.90 Å². The van der Waals surface area contributed by atoms with E-state index in [1.165, 1.54) is 0 Å². The van der Waals surface area contributed by atoms with Crippen molar-refractivity contribution in [1.82, 2.24) is 13.8 Å². The van der Waals surface area contributed by atoms with Gasteiger partial charge in [-0.15, -0.1) is 0 Å². The van der Waals surface area contributed by atoms with Gasteiger partial charge in [-0.3, -0.25) is 0 Å². The first kappa shape index (κ1) is 16.5. The van der Waals surface area contributed by atoms with Crippen LogP contribution in [0.15, 0.2) is 17.2 Å². The molecule has 1 unspecified atom stereocenters. The maximum absolute atomic E-state index is 12.7. The van der Waals surface area contributed by atoms with Crippen molar-refractivity contribution in [2.75, 3.05) is 27.2 Å². The number of nitrogens with zero attached hydrogens (tertiary/aromatic N) is 3. The summed E-state index contributed by atoms with van der Waals surface area (Å²) in [5, 5.41) is 9.37. The summed E-state index contributed by atoms with van der Waals surface area (Å²) >= 11 is 0. The van der Waals surface area contributed by atoms with Crippen LogP contribution in [0.4, 0.5) is 0 Å². The van der Waals surface area contributed by atoms with Crippen LogP contribution in [0.5, 0.6) is 0 Å². The van der Waals surface area contributed by atoms with Crippen LogP contribution in [0.1, 0.15) is 25.5 Å². The van der Waals surface area contributed by atoms with Crippen molar-refractivity contribution in [3.05, 3.63) is 18.0 Å². The zero-order valence-corrected chi connectivity index (χ0v) is 13.8. The zero-order valence-electron chi connectivity index (χ0n) is 13.0. The van der Waals surface area contributed by atoms with Crippen LogP contribution in [0.2, 0.25) is 0 Å². The Morgan fingerprint density at radius 2 is 2.14 bits per heavy atom. The van der Waals surface area contributed by atoms with Crippen LogP contribution < -0.4 is 0 Å². The van der Waals surface area contributed by atoms with E-state index in [-0.39, 0.29) is 12.6 Å². The zero-order chi connectivity index (χ0) is 15.6. The third-order valence-corrected chi connectivity index (χ3v) is 5.91. The molecule has 0 aromatic carbocycles. The highest BCUT2D eigenvalue weighted by atomic mass is 32.2. The van der Waals surface area contributed by atoms with Gasteiger partial charge in [0.2, 0.25) is 10.0 Å².